The smallest absolute Gasteiger partial charge is 0.252 e. The summed E-state index contributed by atoms with van der Waals surface area (Å²) in [6.07, 6.45) is 0. The highest BCUT2D eigenvalue weighted by Crippen LogP contribution is 2.04. The maximum atomic E-state index is 10.7. The molecule has 72 valence electrons. The molecule has 1 aromatic rings. The van der Waals surface area contributed by atoms with Gasteiger partial charge >= 0.3 is 0 Å². The third-order valence-corrected chi connectivity index (χ3v) is 1.28. The standard InChI is InChI=1S/C6H11N5O2/c1-11(2)6-8-5(9-10-6)7-4(13)3-12/h12H,3H2,1-2H3,(H2,7,8,9,10,13). The van der Waals surface area contributed by atoms with Crippen molar-refractivity contribution in [3.63, 3.8) is 0 Å². The van der Waals surface area contributed by atoms with Crippen LogP contribution in [0.15, 0.2) is 0 Å². The fraction of sp³-hybridized carbons (Fsp3) is 0.500. The number of nitrogens with zero attached hydrogens (tertiary/aromatic N) is 3. The first-order valence-corrected chi connectivity index (χ1v) is 3.64. The maximum Gasteiger partial charge on any atom is 0.252 e. The van der Waals surface area contributed by atoms with Crippen LogP contribution in [0, 0.1) is 0 Å². The van der Waals surface area contributed by atoms with Crippen LogP contribution in [-0.2, 0) is 4.79 Å². The first kappa shape index (κ1) is 9.46. The van der Waals surface area contributed by atoms with Crippen LogP contribution in [0.25, 0.3) is 0 Å². The third-order valence-electron chi connectivity index (χ3n) is 1.28. The molecule has 1 rings (SSSR count). The summed E-state index contributed by atoms with van der Waals surface area (Å²) < 4.78 is 0. The van der Waals surface area contributed by atoms with Crippen LogP contribution in [0.5, 0.6) is 0 Å². The van der Waals surface area contributed by atoms with E-state index in [0.717, 1.165) is 0 Å². The average molecular weight is 185 g/mol. The number of carbonyl (C=O) groups excluding carboxylic acids is 1. The molecular weight excluding hydrogens is 174 g/mol. The van der Waals surface area contributed by atoms with Gasteiger partial charge in [0.05, 0.1) is 0 Å². The lowest BCUT2D eigenvalue weighted by Crippen LogP contribution is -2.16. The number of hydrogen-bond donors (Lipinski definition) is 3. The monoisotopic (exact) mass is 185 g/mol. The predicted octanol–water partition coefficient (Wildman–Crippen LogP) is -1.20. The van der Waals surface area contributed by atoms with Crippen LogP contribution < -0.4 is 10.2 Å². The van der Waals surface area contributed by atoms with E-state index in [0.29, 0.717) is 5.95 Å². The van der Waals surface area contributed by atoms with Crippen molar-refractivity contribution < 1.29 is 9.90 Å². The lowest BCUT2D eigenvalue weighted by molar-refractivity contribution is -0.118. The van der Waals surface area contributed by atoms with Gasteiger partial charge in [0.15, 0.2) is 0 Å². The fourth-order valence-corrected chi connectivity index (χ4v) is 0.680. The van der Waals surface area contributed by atoms with Crippen molar-refractivity contribution in [1.82, 2.24) is 15.2 Å². The van der Waals surface area contributed by atoms with E-state index in [1.54, 1.807) is 19.0 Å². The van der Waals surface area contributed by atoms with Crippen LogP contribution in [0.3, 0.4) is 0 Å². The number of hydrogen-bond acceptors (Lipinski definition) is 5. The SMILES string of the molecule is CN(C)c1n[nH]c(NC(=O)CO)n1. The average Bonchev–Trinajstić information content (AvgIpc) is 2.52. The number of H-pyrrole nitrogens is 1. The Kier molecular flexibility index (Phi) is 2.80. The van der Waals surface area contributed by atoms with E-state index in [9.17, 15) is 4.79 Å². The fourth-order valence-electron chi connectivity index (χ4n) is 0.680. The van der Waals surface area contributed by atoms with Crippen molar-refractivity contribution in [2.75, 3.05) is 30.9 Å². The van der Waals surface area contributed by atoms with Gasteiger partial charge in [-0.2, -0.15) is 4.98 Å². The molecule has 1 aromatic heterocycles. The summed E-state index contributed by atoms with van der Waals surface area (Å²) in [5, 5.41) is 17.1. The molecule has 3 N–H and O–H groups in total. The molecule has 0 aliphatic rings. The van der Waals surface area contributed by atoms with Crippen LogP contribution in [0.2, 0.25) is 0 Å². The Morgan fingerprint density at radius 2 is 2.38 bits per heavy atom. The summed E-state index contributed by atoms with van der Waals surface area (Å²) >= 11 is 0. The van der Waals surface area contributed by atoms with Crippen LogP contribution in [0.4, 0.5) is 11.9 Å². The molecule has 0 saturated heterocycles. The largest absolute Gasteiger partial charge is 0.387 e. The molecular formula is C6H11N5O2. The number of rotatable bonds is 3. The Bertz CT molecular complexity index is 295. The minimum Gasteiger partial charge on any atom is -0.387 e. The Morgan fingerprint density at radius 1 is 1.69 bits per heavy atom. The number of nitrogens with one attached hydrogen (secondary N) is 2. The molecule has 0 radical (unpaired) electrons. The van der Waals surface area contributed by atoms with Gasteiger partial charge in [-0.05, 0) is 0 Å². The molecule has 0 aliphatic heterocycles. The number of aliphatic hydroxyl groups excluding tert-OH is 1. The quantitative estimate of drug-likeness (QED) is 0.550. The molecule has 0 atom stereocenters. The van der Waals surface area contributed by atoms with Gasteiger partial charge in [-0.1, -0.05) is 0 Å². The van der Waals surface area contributed by atoms with Crippen LogP contribution >= 0.6 is 0 Å². The van der Waals surface area contributed by atoms with E-state index < -0.39 is 12.5 Å². The second-order valence-corrected chi connectivity index (χ2v) is 2.58. The highest BCUT2D eigenvalue weighted by Gasteiger charge is 2.06. The number of amides is 1. The number of aliphatic hydroxyl groups is 1. The minimum absolute atomic E-state index is 0.225. The topological polar surface area (TPSA) is 94.1 Å². The molecule has 7 nitrogen and oxygen atoms in total. The number of aromatic amines is 1. The van der Waals surface area contributed by atoms with E-state index in [2.05, 4.69) is 20.5 Å². The highest BCUT2D eigenvalue weighted by molar-refractivity contribution is 5.89. The summed E-state index contributed by atoms with van der Waals surface area (Å²) in [5.41, 5.74) is 0. The van der Waals surface area contributed by atoms with Crippen LogP contribution in [0.1, 0.15) is 0 Å². The second kappa shape index (κ2) is 3.85. The second-order valence-electron chi connectivity index (χ2n) is 2.58. The Balaban J connectivity index is 2.64. The van der Waals surface area contributed by atoms with Gasteiger partial charge < -0.3 is 10.0 Å². The van der Waals surface area contributed by atoms with E-state index in [4.69, 9.17) is 5.11 Å². The number of anilines is 2. The summed E-state index contributed by atoms with van der Waals surface area (Å²) in [5.74, 6) is 0.164. The van der Waals surface area contributed by atoms with Gasteiger partial charge in [-0.3, -0.25) is 10.1 Å². The summed E-state index contributed by atoms with van der Waals surface area (Å²) in [4.78, 5) is 16.3. The molecule has 0 bridgehead atoms. The molecule has 1 amide bonds. The molecule has 0 aromatic carbocycles. The van der Waals surface area contributed by atoms with Gasteiger partial charge in [-0.25, -0.2) is 5.10 Å². The van der Waals surface area contributed by atoms with Crippen molar-refractivity contribution in [1.29, 1.82) is 0 Å². The molecule has 13 heavy (non-hydrogen) atoms. The van der Waals surface area contributed by atoms with E-state index in [1.807, 2.05) is 0 Å². The highest BCUT2D eigenvalue weighted by atomic mass is 16.3. The maximum absolute atomic E-state index is 10.7. The van der Waals surface area contributed by atoms with Crippen LogP contribution in [-0.4, -0.2) is 46.9 Å². The first-order valence-electron chi connectivity index (χ1n) is 3.64. The van der Waals surface area contributed by atoms with E-state index >= 15 is 0 Å². The molecule has 0 saturated carbocycles. The van der Waals surface area contributed by atoms with Crippen molar-refractivity contribution in [3.8, 4) is 0 Å². The minimum atomic E-state index is -0.571. The van der Waals surface area contributed by atoms with Gasteiger partial charge in [0, 0.05) is 14.1 Å². The number of carbonyl (C=O) groups is 1. The molecule has 0 unspecified atom stereocenters. The van der Waals surface area contributed by atoms with E-state index in [1.165, 1.54) is 0 Å². The van der Waals surface area contributed by atoms with Crippen molar-refractivity contribution in [3.05, 3.63) is 0 Å². The number of aromatic nitrogens is 3. The summed E-state index contributed by atoms with van der Waals surface area (Å²) in [6, 6.07) is 0. The lowest BCUT2D eigenvalue weighted by atomic mass is 10.6. The molecule has 7 heteroatoms. The van der Waals surface area contributed by atoms with Gasteiger partial charge in [0.25, 0.3) is 5.91 Å². The summed E-state index contributed by atoms with van der Waals surface area (Å²) in [6.45, 7) is -0.571. The third kappa shape index (κ3) is 2.41. The van der Waals surface area contributed by atoms with Gasteiger partial charge in [0.2, 0.25) is 11.9 Å². The van der Waals surface area contributed by atoms with Crippen molar-refractivity contribution >= 4 is 17.8 Å². The normalized spacial score (nSPS) is 9.77. The van der Waals surface area contributed by atoms with Crippen molar-refractivity contribution in [2.45, 2.75) is 0 Å². The Hall–Kier alpha value is -1.63. The van der Waals surface area contributed by atoms with Crippen molar-refractivity contribution in [2.24, 2.45) is 0 Å². The Morgan fingerprint density at radius 3 is 2.85 bits per heavy atom. The van der Waals surface area contributed by atoms with Gasteiger partial charge in [-0.15, -0.1) is 5.10 Å². The molecule has 0 aliphatic carbocycles. The zero-order valence-electron chi connectivity index (χ0n) is 7.40. The molecule has 1 heterocycles. The zero-order chi connectivity index (χ0) is 9.84. The lowest BCUT2D eigenvalue weighted by Gasteiger charge is -2.03. The Labute approximate surface area is 74.8 Å². The molecule has 0 fully saturated rings. The van der Waals surface area contributed by atoms with E-state index in [-0.39, 0.29) is 5.95 Å². The summed E-state index contributed by atoms with van der Waals surface area (Å²) in [7, 11) is 3.56. The zero-order valence-corrected chi connectivity index (χ0v) is 7.40. The molecule has 0 spiro atoms. The first-order chi connectivity index (χ1) is 6.13. The predicted molar refractivity (Wildman–Crippen MR) is 46.4 cm³/mol. The van der Waals surface area contributed by atoms with Gasteiger partial charge in [0.1, 0.15) is 6.61 Å².